The lowest BCUT2D eigenvalue weighted by atomic mass is 10.3. The fourth-order valence-corrected chi connectivity index (χ4v) is 4.87. The van der Waals surface area contributed by atoms with E-state index in [1.165, 1.54) is 11.3 Å². The molecule has 3 nitrogen and oxygen atoms in total. The summed E-state index contributed by atoms with van der Waals surface area (Å²) in [6.07, 6.45) is 0. The second kappa shape index (κ2) is 5.88. The smallest absolute Gasteiger partial charge is 0.207 e. The van der Waals surface area contributed by atoms with Gasteiger partial charge in [-0.05, 0) is 40.4 Å². The molecule has 1 unspecified atom stereocenters. The van der Waals surface area contributed by atoms with Gasteiger partial charge in [0.1, 0.15) is 16.5 Å². The third-order valence-corrected chi connectivity index (χ3v) is 6.09. The van der Waals surface area contributed by atoms with Crippen molar-refractivity contribution in [1.29, 1.82) is 0 Å². The molecule has 0 radical (unpaired) electrons. The van der Waals surface area contributed by atoms with Crippen molar-refractivity contribution in [3.63, 3.8) is 0 Å². The van der Waals surface area contributed by atoms with Gasteiger partial charge in [0.2, 0.25) is 10.0 Å². The Labute approximate surface area is 127 Å². The zero-order valence-corrected chi connectivity index (χ0v) is 13.4. The Hall–Kier alpha value is -0.830. The van der Waals surface area contributed by atoms with Gasteiger partial charge in [-0.1, -0.05) is 6.07 Å². The van der Waals surface area contributed by atoms with E-state index in [9.17, 15) is 17.2 Å². The Morgan fingerprint density at radius 2 is 2.05 bits per heavy atom. The van der Waals surface area contributed by atoms with Gasteiger partial charge in [-0.3, -0.25) is 0 Å². The van der Waals surface area contributed by atoms with E-state index in [4.69, 9.17) is 0 Å². The Morgan fingerprint density at radius 3 is 2.60 bits per heavy atom. The fourth-order valence-electron chi connectivity index (χ4n) is 1.67. The molecule has 1 atom stereocenters. The van der Waals surface area contributed by atoms with Crippen LogP contribution in [0.1, 0.15) is 17.8 Å². The van der Waals surface area contributed by atoms with E-state index < -0.39 is 32.6 Å². The van der Waals surface area contributed by atoms with Crippen molar-refractivity contribution in [2.24, 2.45) is 0 Å². The predicted octanol–water partition coefficient (Wildman–Crippen LogP) is 3.83. The fraction of sp³-hybridized carbons (Fsp3) is 0.167. The highest BCUT2D eigenvalue weighted by Crippen LogP contribution is 2.28. The van der Waals surface area contributed by atoms with Crippen LogP contribution < -0.4 is 4.72 Å². The topological polar surface area (TPSA) is 46.2 Å². The van der Waals surface area contributed by atoms with Crippen LogP contribution in [0.25, 0.3) is 0 Å². The van der Waals surface area contributed by atoms with Gasteiger partial charge >= 0.3 is 0 Å². The number of rotatable bonds is 4. The molecule has 0 aliphatic rings. The van der Waals surface area contributed by atoms with Gasteiger partial charge in [0.25, 0.3) is 0 Å². The van der Waals surface area contributed by atoms with Crippen LogP contribution in [0.5, 0.6) is 0 Å². The molecule has 0 aliphatic carbocycles. The van der Waals surface area contributed by atoms with Crippen molar-refractivity contribution < 1.29 is 17.2 Å². The summed E-state index contributed by atoms with van der Waals surface area (Å²) in [6.45, 7) is 1.65. The monoisotopic (exact) mass is 381 g/mol. The lowest BCUT2D eigenvalue weighted by Crippen LogP contribution is -2.27. The Bertz CT molecular complexity index is 694. The van der Waals surface area contributed by atoms with Crippen molar-refractivity contribution in [1.82, 2.24) is 4.72 Å². The molecule has 0 fully saturated rings. The molecule has 2 rings (SSSR count). The van der Waals surface area contributed by atoms with Gasteiger partial charge in [0, 0.05) is 15.4 Å². The average molecular weight is 382 g/mol. The molecule has 0 bridgehead atoms. The highest BCUT2D eigenvalue weighted by atomic mass is 79.9. The van der Waals surface area contributed by atoms with Crippen LogP contribution in [0.2, 0.25) is 0 Å². The summed E-state index contributed by atoms with van der Waals surface area (Å²) in [7, 11) is -4.10. The van der Waals surface area contributed by atoms with Gasteiger partial charge in [0.15, 0.2) is 0 Å². The number of nitrogens with one attached hydrogen (secondary N) is 1. The first kappa shape index (κ1) is 15.6. The van der Waals surface area contributed by atoms with E-state index in [0.29, 0.717) is 6.07 Å². The van der Waals surface area contributed by atoms with E-state index in [-0.39, 0.29) is 4.47 Å². The van der Waals surface area contributed by atoms with Gasteiger partial charge in [-0.25, -0.2) is 21.9 Å². The molecule has 1 aromatic heterocycles. The SMILES string of the molecule is CC(NS(=O)(=O)c1c(F)cc(F)cc1Br)c1cccs1. The minimum Gasteiger partial charge on any atom is -0.207 e. The second-order valence-electron chi connectivity index (χ2n) is 4.06. The van der Waals surface area contributed by atoms with Gasteiger partial charge in [-0.2, -0.15) is 0 Å². The molecule has 0 aliphatic heterocycles. The summed E-state index contributed by atoms with van der Waals surface area (Å²) >= 11 is 4.26. The van der Waals surface area contributed by atoms with Crippen LogP contribution in [-0.2, 0) is 10.0 Å². The first-order chi connectivity index (χ1) is 9.31. The summed E-state index contributed by atoms with van der Waals surface area (Å²) in [5.74, 6) is -1.98. The van der Waals surface area contributed by atoms with Crippen LogP contribution in [0.4, 0.5) is 8.78 Å². The highest BCUT2D eigenvalue weighted by molar-refractivity contribution is 9.10. The highest BCUT2D eigenvalue weighted by Gasteiger charge is 2.26. The van der Waals surface area contributed by atoms with Crippen LogP contribution in [0.15, 0.2) is 39.0 Å². The van der Waals surface area contributed by atoms with E-state index in [0.717, 1.165) is 10.9 Å². The minimum absolute atomic E-state index is 0.152. The normalized spacial score (nSPS) is 13.4. The molecule has 20 heavy (non-hydrogen) atoms. The van der Waals surface area contributed by atoms with E-state index in [1.54, 1.807) is 19.1 Å². The molecule has 108 valence electrons. The summed E-state index contributed by atoms with van der Waals surface area (Å²) in [4.78, 5) is 0.203. The summed E-state index contributed by atoms with van der Waals surface area (Å²) in [6, 6.07) is 4.51. The number of benzene rings is 1. The first-order valence-electron chi connectivity index (χ1n) is 5.51. The Kier molecular flexibility index (Phi) is 4.58. The number of sulfonamides is 1. The molecular weight excluding hydrogens is 372 g/mol. The van der Waals surface area contributed by atoms with Crippen molar-refractivity contribution in [2.45, 2.75) is 17.9 Å². The summed E-state index contributed by atoms with van der Waals surface area (Å²) in [5.41, 5.74) is 0. The minimum atomic E-state index is -4.10. The van der Waals surface area contributed by atoms with E-state index >= 15 is 0 Å². The molecule has 0 saturated heterocycles. The van der Waals surface area contributed by atoms with Crippen LogP contribution >= 0.6 is 27.3 Å². The van der Waals surface area contributed by atoms with Crippen molar-refractivity contribution >= 4 is 37.3 Å². The third-order valence-electron chi connectivity index (χ3n) is 2.53. The van der Waals surface area contributed by atoms with Gasteiger partial charge in [0.05, 0.1) is 6.04 Å². The molecule has 2 aromatic rings. The number of hydrogen-bond acceptors (Lipinski definition) is 3. The Morgan fingerprint density at radius 1 is 1.35 bits per heavy atom. The van der Waals surface area contributed by atoms with Crippen LogP contribution in [0, 0.1) is 11.6 Å². The maximum Gasteiger partial charge on any atom is 0.245 e. The molecule has 1 N–H and O–H groups in total. The quantitative estimate of drug-likeness (QED) is 0.874. The van der Waals surface area contributed by atoms with Gasteiger partial charge in [-0.15, -0.1) is 11.3 Å². The zero-order valence-electron chi connectivity index (χ0n) is 10.2. The van der Waals surface area contributed by atoms with E-state index in [1.807, 2.05) is 5.38 Å². The summed E-state index contributed by atoms with van der Waals surface area (Å²) in [5, 5.41) is 1.81. The maximum atomic E-state index is 13.7. The van der Waals surface area contributed by atoms with Crippen molar-refractivity contribution in [3.8, 4) is 0 Å². The predicted molar refractivity (Wildman–Crippen MR) is 77.1 cm³/mol. The number of hydrogen-bond donors (Lipinski definition) is 1. The van der Waals surface area contributed by atoms with Crippen molar-refractivity contribution in [2.75, 3.05) is 0 Å². The summed E-state index contributed by atoms with van der Waals surface area (Å²) < 4.78 is 53.3. The average Bonchev–Trinajstić information content (AvgIpc) is 2.78. The second-order valence-corrected chi connectivity index (χ2v) is 7.54. The van der Waals surface area contributed by atoms with Gasteiger partial charge < -0.3 is 0 Å². The molecule has 0 amide bonds. The maximum absolute atomic E-state index is 13.7. The lowest BCUT2D eigenvalue weighted by Gasteiger charge is -2.14. The zero-order chi connectivity index (χ0) is 14.9. The standard InChI is InChI=1S/C12H10BrF2NO2S2/c1-7(11-3-2-4-19-11)16-20(17,18)12-9(13)5-8(14)6-10(12)15/h2-7,16H,1H3. The first-order valence-corrected chi connectivity index (χ1v) is 8.67. The number of halogens is 3. The molecule has 1 heterocycles. The van der Waals surface area contributed by atoms with E-state index in [2.05, 4.69) is 20.7 Å². The third kappa shape index (κ3) is 3.25. The molecule has 1 aromatic carbocycles. The molecule has 0 saturated carbocycles. The van der Waals surface area contributed by atoms with Crippen LogP contribution in [0.3, 0.4) is 0 Å². The Balaban J connectivity index is 2.37. The largest absolute Gasteiger partial charge is 0.245 e. The molecule has 8 heteroatoms. The number of thiophene rings is 1. The molecular formula is C12H10BrF2NO2S2. The lowest BCUT2D eigenvalue weighted by molar-refractivity contribution is 0.535. The van der Waals surface area contributed by atoms with Crippen LogP contribution in [-0.4, -0.2) is 8.42 Å². The van der Waals surface area contributed by atoms with Crippen molar-refractivity contribution in [3.05, 3.63) is 50.6 Å². The molecule has 0 spiro atoms.